The van der Waals surface area contributed by atoms with Gasteiger partial charge in [-0.25, -0.2) is 0 Å². The zero-order chi connectivity index (χ0) is 13.5. The molecule has 18 heavy (non-hydrogen) atoms. The first-order valence-electron chi connectivity index (χ1n) is 6.15. The summed E-state index contributed by atoms with van der Waals surface area (Å²) in [6.45, 7) is 3.43. The number of nitrogen functional groups attached to an aromatic ring is 1. The van der Waals surface area contributed by atoms with Gasteiger partial charge in [-0.3, -0.25) is 4.79 Å². The van der Waals surface area contributed by atoms with E-state index >= 15 is 0 Å². The van der Waals surface area contributed by atoms with Gasteiger partial charge in [0.2, 0.25) is 0 Å². The van der Waals surface area contributed by atoms with E-state index in [0.717, 1.165) is 25.1 Å². The molecule has 0 aliphatic heterocycles. The largest absolute Gasteiger partial charge is 0.396 e. The summed E-state index contributed by atoms with van der Waals surface area (Å²) in [5, 5.41) is 9.09. The zero-order valence-corrected chi connectivity index (χ0v) is 10.7. The lowest BCUT2D eigenvalue weighted by Gasteiger charge is -2.25. The van der Waals surface area contributed by atoms with Gasteiger partial charge in [0.1, 0.15) is 0 Å². The zero-order valence-electron chi connectivity index (χ0n) is 10.7. The van der Waals surface area contributed by atoms with Gasteiger partial charge in [-0.15, -0.1) is 0 Å². The molecule has 0 atom stereocenters. The number of nitrogens with two attached hydrogens (primary N) is 2. The van der Waals surface area contributed by atoms with E-state index in [2.05, 4.69) is 6.92 Å². The minimum Gasteiger partial charge on any atom is -0.396 e. The number of carbonyl (C=O) groups excluding carboxylic acids is 1. The van der Waals surface area contributed by atoms with Crippen molar-refractivity contribution in [3.63, 3.8) is 0 Å². The fourth-order valence-corrected chi connectivity index (χ4v) is 1.87. The summed E-state index contributed by atoms with van der Waals surface area (Å²) in [5.74, 6) is -0.534. The van der Waals surface area contributed by atoms with E-state index in [1.165, 1.54) is 0 Å². The van der Waals surface area contributed by atoms with E-state index in [4.69, 9.17) is 16.6 Å². The Morgan fingerprint density at radius 3 is 2.67 bits per heavy atom. The third-order valence-electron chi connectivity index (χ3n) is 2.84. The highest BCUT2D eigenvalue weighted by atomic mass is 16.3. The summed E-state index contributed by atoms with van der Waals surface area (Å²) in [6.07, 6.45) is 2.05. The van der Waals surface area contributed by atoms with Crippen molar-refractivity contribution in [2.75, 3.05) is 30.3 Å². The number of aliphatic hydroxyl groups excluding tert-OH is 1. The first-order chi connectivity index (χ1) is 8.61. The van der Waals surface area contributed by atoms with E-state index in [0.29, 0.717) is 17.8 Å². The molecule has 0 aliphatic carbocycles. The monoisotopic (exact) mass is 251 g/mol. The number of nitrogens with zero attached hydrogens (tertiary/aromatic N) is 1. The summed E-state index contributed by atoms with van der Waals surface area (Å²) in [4.78, 5) is 13.2. The summed E-state index contributed by atoms with van der Waals surface area (Å²) in [5.41, 5.74) is 12.7. The first-order valence-corrected chi connectivity index (χ1v) is 6.15. The van der Waals surface area contributed by atoms with Gasteiger partial charge in [-0.05, 0) is 18.6 Å². The number of carbonyl (C=O) groups is 1. The van der Waals surface area contributed by atoms with Gasteiger partial charge in [0.25, 0.3) is 5.91 Å². The predicted molar refractivity (Wildman–Crippen MR) is 73.6 cm³/mol. The fraction of sp³-hybridized carbons (Fsp3) is 0.462. The average molecular weight is 251 g/mol. The maximum atomic E-state index is 11.2. The molecule has 0 saturated carbocycles. The van der Waals surface area contributed by atoms with E-state index in [-0.39, 0.29) is 6.61 Å². The molecule has 0 radical (unpaired) electrons. The van der Waals surface area contributed by atoms with Crippen LogP contribution in [0.25, 0.3) is 0 Å². The Bertz CT molecular complexity index is 407. The van der Waals surface area contributed by atoms with Crippen molar-refractivity contribution in [1.82, 2.24) is 0 Å². The van der Waals surface area contributed by atoms with Crippen LogP contribution < -0.4 is 16.4 Å². The van der Waals surface area contributed by atoms with E-state index in [9.17, 15) is 4.79 Å². The quantitative estimate of drug-likeness (QED) is 0.629. The van der Waals surface area contributed by atoms with Crippen LogP contribution >= 0.6 is 0 Å². The lowest BCUT2D eigenvalue weighted by Crippen LogP contribution is -2.29. The molecule has 0 aliphatic rings. The Morgan fingerprint density at radius 2 is 2.11 bits per heavy atom. The highest BCUT2D eigenvalue weighted by Crippen LogP contribution is 2.26. The van der Waals surface area contributed by atoms with Crippen LogP contribution in [0.3, 0.4) is 0 Å². The molecule has 0 aromatic heterocycles. The van der Waals surface area contributed by atoms with Crippen LogP contribution in [0.5, 0.6) is 0 Å². The van der Waals surface area contributed by atoms with Crippen LogP contribution in [0.15, 0.2) is 18.2 Å². The lowest BCUT2D eigenvalue weighted by atomic mass is 10.1. The second-order valence-electron chi connectivity index (χ2n) is 4.17. The van der Waals surface area contributed by atoms with Crippen LogP contribution in [-0.4, -0.2) is 30.7 Å². The fourth-order valence-electron chi connectivity index (χ4n) is 1.87. The lowest BCUT2D eigenvalue weighted by molar-refractivity contribution is 0.100. The Labute approximate surface area is 107 Å². The number of para-hydroxylation sites is 1. The molecule has 5 heteroatoms. The highest BCUT2D eigenvalue weighted by Gasteiger charge is 2.14. The Kier molecular flexibility index (Phi) is 5.45. The molecule has 1 aromatic rings. The molecule has 5 N–H and O–H groups in total. The van der Waals surface area contributed by atoms with E-state index in [1.807, 2.05) is 11.0 Å². The number of amides is 1. The van der Waals surface area contributed by atoms with Gasteiger partial charge in [0.05, 0.1) is 23.5 Å². The number of anilines is 2. The summed E-state index contributed by atoms with van der Waals surface area (Å²) >= 11 is 0. The molecule has 0 bridgehead atoms. The van der Waals surface area contributed by atoms with Gasteiger partial charge in [-0.2, -0.15) is 0 Å². The molecule has 1 amide bonds. The molecule has 0 saturated heterocycles. The van der Waals surface area contributed by atoms with Crippen LogP contribution in [-0.2, 0) is 0 Å². The summed E-state index contributed by atoms with van der Waals surface area (Å²) in [6, 6.07) is 5.20. The standard InChI is InChI=1S/C13H21N3O2/c1-2-3-7-16(8-9-17)11-6-4-5-10(12(11)14)13(15)18/h4-6,17H,2-3,7-9,14H2,1H3,(H2,15,18). The smallest absolute Gasteiger partial charge is 0.250 e. The van der Waals surface area contributed by atoms with Crippen molar-refractivity contribution >= 4 is 17.3 Å². The van der Waals surface area contributed by atoms with Crippen molar-refractivity contribution in [3.05, 3.63) is 23.8 Å². The second-order valence-corrected chi connectivity index (χ2v) is 4.17. The third-order valence-corrected chi connectivity index (χ3v) is 2.84. The molecule has 100 valence electrons. The first kappa shape index (κ1) is 14.3. The molecule has 5 nitrogen and oxygen atoms in total. The number of unbranched alkanes of at least 4 members (excludes halogenated alkanes) is 1. The van der Waals surface area contributed by atoms with Crippen molar-refractivity contribution < 1.29 is 9.90 Å². The number of rotatable bonds is 7. The Balaban J connectivity index is 3.03. The number of hydrogen-bond donors (Lipinski definition) is 3. The van der Waals surface area contributed by atoms with E-state index < -0.39 is 5.91 Å². The van der Waals surface area contributed by atoms with Crippen LogP contribution in [0.1, 0.15) is 30.1 Å². The maximum Gasteiger partial charge on any atom is 0.250 e. The number of aliphatic hydroxyl groups is 1. The SMILES string of the molecule is CCCCN(CCO)c1cccc(C(N)=O)c1N. The normalized spacial score (nSPS) is 10.3. The van der Waals surface area contributed by atoms with Crippen molar-refractivity contribution in [3.8, 4) is 0 Å². The molecule has 0 heterocycles. The summed E-state index contributed by atoms with van der Waals surface area (Å²) < 4.78 is 0. The second kappa shape index (κ2) is 6.86. The van der Waals surface area contributed by atoms with Gasteiger partial charge >= 0.3 is 0 Å². The minimum atomic E-state index is -0.534. The number of hydrogen-bond acceptors (Lipinski definition) is 4. The van der Waals surface area contributed by atoms with Gasteiger partial charge < -0.3 is 21.5 Å². The van der Waals surface area contributed by atoms with Gasteiger partial charge in [0, 0.05) is 13.1 Å². The molecular weight excluding hydrogens is 230 g/mol. The summed E-state index contributed by atoms with van der Waals surface area (Å²) in [7, 11) is 0. The van der Waals surface area contributed by atoms with Crippen LogP contribution in [0, 0.1) is 0 Å². The van der Waals surface area contributed by atoms with E-state index in [1.54, 1.807) is 12.1 Å². The van der Waals surface area contributed by atoms with Crippen LogP contribution in [0.2, 0.25) is 0 Å². The van der Waals surface area contributed by atoms with Crippen molar-refractivity contribution in [1.29, 1.82) is 0 Å². The predicted octanol–water partition coefficient (Wildman–Crippen LogP) is 0.967. The molecule has 0 unspecified atom stereocenters. The molecule has 0 fully saturated rings. The Hall–Kier alpha value is -1.75. The highest BCUT2D eigenvalue weighted by molar-refractivity contribution is 6.00. The van der Waals surface area contributed by atoms with Crippen LogP contribution in [0.4, 0.5) is 11.4 Å². The van der Waals surface area contributed by atoms with Gasteiger partial charge in [-0.1, -0.05) is 19.4 Å². The molecular formula is C13H21N3O2. The van der Waals surface area contributed by atoms with Gasteiger partial charge in [0.15, 0.2) is 0 Å². The third kappa shape index (κ3) is 3.37. The number of primary amides is 1. The Morgan fingerprint density at radius 1 is 1.39 bits per heavy atom. The molecule has 1 rings (SSSR count). The van der Waals surface area contributed by atoms with Crippen molar-refractivity contribution in [2.24, 2.45) is 5.73 Å². The topological polar surface area (TPSA) is 92.6 Å². The number of benzene rings is 1. The van der Waals surface area contributed by atoms with Crippen molar-refractivity contribution in [2.45, 2.75) is 19.8 Å². The average Bonchev–Trinajstić information content (AvgIpc) is 2.34. The molecule has 1 aromatic carbocycles. The maximum absolute atomic E-state index is 11.2. The minimum absolute atomic E-state index is 0.0456. The molecule has 0 spiro atoms.